The van der Waals surface area contributed by atoms with Crippen molar-refractivity contribution < 1.29 is 4.79 Å². The monoisotopic (exact) mass is 282 g/mol. The van der Waals surface area contributed by atoms with Crippen LogP contribution in [0.25, 0.3) is 6.08 Å². The number of hydrogen-bond acceptors (Lipinski definition) is 3. The van der Waals surface area contributed by atoms with Crippen molar-refractivity contribution in [3.8, 4) is 6.07 Å². The van der Waals surface area contributed by atoms with E-state index in [1.807, 2.05) is 29.0 Å². The van der Waals surface area contributed by atoms with Crippen LogP contribution in [0.4, 0.5) is 0 Å². The lowest BCUT2D eigenvalue weighted by Gasteiger charge is -2.13. The average Bonchev–Trinajstić information content (AvgIpc) is 2.97. The molecular weight excluding hydrogens is 268 g/mol. The molecule has 0 aliphatic heterocycles. The molecule has 0 saturated carbocycles. The number of hydrogen-bond donors (Lipinski definition) is 0. The van der Waals surface area contributed by atoms with Crippen molar-refractivity contribution >= 4 is 23.3 Å². The first kappa shape index (κ1) is 14.0. The van der Waals surface area contributed by atoms with E-state index in [9.17, 15) is 4.79 Å². The van der Waals surface area contributed by atoms with Gasteiger partial charge in [-0.05, 0) is 40.1 Å². The van der Waals surface area contributed by atoms with Crippen molar-refractivity contribution in [2.75, 3.05) is 7.05 Å². The number of nitriles is 1. The third kappa shape index (κ3) is 3.56. The molecule has 0 bridgehead atoms. The number of nitrogens with zero attached hydrogens (tertiary/aromatic N) is 2. The summed E-state index contributed by atoms with van der Waals surface area (Å²) in [6, 6.07) is 11.3. The lowest BCUT2D eigenvalue weighted by Crippen LogP contribution is -2.23. The van der Waals surface area contributed by atoms with Crippen molar-refractivity contribution in [2.24, 2.45) is 0 Å². The predicted molar refractivity (Wildman–Crippen MR) is 81.0 cm³/mol. The Morgan fingerprint density at radius 1 is 1.40 bits per heavy atom. The number of likely N-dealkylation sites (N-methyl/N-ethyl adjacent to an activating group) is 1. The van der Waals surface area contributed by atoms with E-state index in [1.165, 1.54) is 6.08 Å². The topological polar surface area (TPSA) is 44.1 Å². The van der Waals surface area contributed by atoms with Crippen LogP contribution in [0.5, 0.6) is 0 Å². The van der Waals surface area contributed by atoms with Crippen LogP contribution in [0, 0.1) is 11.3 Å². The van der Waals surface area contributed by atoms with Gasteiger partial charge >= 0.3 is 0 Å². The number of amides is 1. The second-order valence-electron chi connectivity index (χ2n) is 4.36. The van der Waals surface area contributed by atoms with Gasteiger partial charge in [0.05, 0.1) is 11.6 Å². The fourth-order valence-corrected chi connectivity index (χ4v) is 2.43. The molecule has 2 rings (SSSR count). The Morgan fingerprint density at radius 3 is 2.90 bits per heavy atom. The Labute approximate surface area is 122 Å². The van der Waals surface area contributed by atoms with Gasteiger partial charge in [-0.25, -0.2) is 0 Å². The second-order valence-corrected chi connectivity index (χ2v) is 5.14. The normalized spacial score (nSPS) is 10.4. The van der Waals surface area contributed by atoms with E-state index >= 15 is 0 Å². The van der Waals surface area contributed by atoms with E-state index in [0.717, 1.165) is 11.1 Å². The van der Waals surface area contributed by atoms with Crippen molar-refractivity contribution in [2.45, 2.75) is 6.54 Å². The summed E-state index contributed by atoms with van der Waals surface area (Å²) in [6.45, 7) is 0.590. The van der Waals surface area contributed by atoms with Crippen molar-refractivity contribution in [1.82, 2.24) is 4.90 Å². The molecule has 20 heavy (non-hydrogen) atoms. The van der Waals surface area contributed by atoms with Crippen LogP contribution < -0.4 is 0 Å². The summed E-state index contributed by atoms with van der Waals surface area (Å²) >= 11 is 1.62. The number of benzene rings is 1. The number of carbonyl (C=O) groups is 1. The SMILES string of the molecule is CN(Cc1ccsc1)C(=O)/C=C/c1ccccc1C#N. The van der Waals surface area contributed by atoms with Crippen molar-refractivity contribution in [3.63, 3.8) is 0 Å². The summed E-state index contributed by atoms with van der Waals surface area (Å²) in [4.78, 5) is 13.6. The predicted octanol–water partition coefficient (Wildman–Crippen LogP) is 3.29. The maximum absolute atomic E-state index is 12.0. The minimum Gasteiger partial charge on any atom is -0.338 e. The number of thiophene rings is 1. The van der Waals surface area contributed by atoms with E-state index in [-0.39, 0.29) is 5.91 Å². The van der Waals surface area contributed by atoms with Crippen LogP contribution in [0.15, 0.2) is 47.2 Å². The highest BCUT2D eigenvalue weighted by Crippen LogP contribution is 2.11. The van der Waals surface area contributed by atoms with Crippen LogP contribution in [0.3, 0.4) is 0 Å². The first-order chi connectivity index (χ1) is 9.70. The Bertz CT molecular complexity index is 653. The van der Waals surface area contributed by atoms with Crippen LogP contribution >= 0.6 is 11.3 Å². The smallest absolute Gasteiger partial charge is 0.246 e. The van der Waals surface area contributed by atoms with E-state index in [0.29, 0.717) is 12.1 Å². The number of carbonyl (C=O) groups excluding carboxylic acids is 1. The van der Waals surface area contributed by atoms with Gasteiger partial charge < -0.3 is 4.90 Å². The maximum atomic E-state index is 12.0. The summed E-state index contributed by atoms with van der Waals surface area (Å²) in [7, 11) is 1.76. The van der Waals surface area contributed by atoms with Gasteiger partial charge in [-0.3, -0.25) is 4.79 Å². The molecule has 0 radical (unpaired) electrons. The van der Waals surface area contributed by atoms with Gasteiger partial charge in [0.15, 0.2) is 0 Å². The summed E-state index contributed by atoms with van der Waals surface area (Å²) in [6.07, 6.45) is 3.19. The molecule has 2 aromatic rings. The van der Waals surface area contributed by atoms with Crippen LogP contribution in [-0.2, 0) is 11.3 Å². The average molecular weight is 282 g/mol. The van der Waals surface area contributed by atoms with Gasteiger partial charge in [0, 0.05) is 19.7 Å². The second kappa shape index (κ2) is 6.69. The minimum absolute atomic E-state index is 0.0797. The van der Waals surface area contributed by atoms with Crippen LogP contribution in [0.2, 0.25) is 0 Å². The quantitative estimate of drug-likeness (QED) is 0.808. The van der Waals surface area contributed by atoms with E-state index in [4.69, 9.17) is 5.26 Å². The summed E-state index contributed by atoms with van der Waals surface area (Å²) in [5.41, 5.74) is 2.45. The zero-order chi connectivity index (χ0) is 14.4. The zero-order valence-corrected chi connectivity index (χ0v) is 11.9. The van der Waals surface area contributed by atoms with Gasteiger partial charge in [0.2, 0.25) is 5.91 Å². The third-order valence-electron chi connectivity index (χ3n) is 2.86. The molecule has 0 saturated heterocycles. The molecule has 0 aliphatic carbocycles. The highest BCUT2D eigenvalue weighted by molar-refractivity contribution is 7.07. The van der Waals surface area contributed by atoms with Gasteiger partial charge in [0.25, 0.3) is 0 Å². The van der Waals surface area contributed by atoms with Crippen LogP contribution in [-0.4, -0.2) is 17.9 Å². The zero-order valence-electron chi connectivity index (χ0n) is 11.1. The molecule has 0 atom stereocenters. The summed E-state index contributed by atoms with van der Waals surface area (Å²) in [5.74, 6) is -0.0797. The molecule has 1 aromatic carbocycles. The standard InChI is InChI=1S/C16H14N2OS/c1-18(11-13-8-9-20-12-13)16(19)7-6-14-4-2-3-5-15(14)10-17/h2-9,12H,11H2,1H3/b7-6+. The lowest BCUT2D eigenvalue weighted by molar-refractivity contribution is -0.125. The molecule has 1 heterocycles. The molecule has 0 N–H and O–H groups in total. The minimum atomic E-state index is -0.0797. The van der Waals surface area contributed by atoms with Gasteiger partial charge in [0.1, 0.15) is 0 Å². The van der Waals surface area contributed by atoms with Crippen molar-refractivity contribution in [3.05, 3.63) is 63.9 Å². The molecule has 0 fully saturated rings. The van der Waals surface area contributed by atoms with Gasteiger partial charge in [-0.2, -0.15) is 16.6 Å². The maximum Gasteiger partial charge on any atom is 0.246 e. The first-order valence-electron chi connectivity index (χ1n) is 6.14. The summed E-state index contributed by atoms with van der Waals surface area (Å²) in [5, 5.41) is 13.0. The molecule has 100 valence electrons. The van der Waals surface area contributed by atoms with Gasteiger partial charge in [-0.1, -0.05) is 18.2 Å². The fourth-order valence-electron chi connectivity index (χ4n) is 1.77. The van der Waals surface area contributed by atoms with E-state index in [1.54, 1.807) is 41.5 Å². The Balaban J connectivity index is 2.03. The molecular formula is C16H14N2OS. The number of rotatable bonds is 4. The fraction of sp³-hybridized carbons (Fsp3) is 0.125. The first-order valence-corrected chi connectivity index (χ1v) is 7.08. The van der Waals surface area contributed by atoms with Crippen molar-refractivity contribution in [1.29, 1.82) is 5.26 Å². The molecule has 1 aromatic heterocycles. The molecule has 0 spiro atoms. The lowest BCUT2D eigenvalue weighted by atomic mass is 10.1. The highest BCUT2D eigenvalue weighted by atomic mass is 32.1. The molecule has 3 nitrogen and oxygen atoms in total. The van der Waals surface area contributed by atoms with E-state index in [2.05, 4.69) is 6.07 Å². The Hall–Kier alpha value is -2.38. The Kier molecular flexibility index (Phi) is 4.70. The van der Waals surface area contributed by atoms with Gasteiger partial charge in [-0.15, -0.1) is 0 Å². The van der Waals surface area contributed by atoms with Crippen LogP contribution in [0.1, 0.15) is 16.7 Å². The largest absolute Gasteiger partial charge is 0.338 e. The molecule has 1 amide bonds. The highest BCUT2D eigenvalue weighted by Gasteiger charge is 2.06. The molecule has 0 unspecified atom stereocenters. The molecule has 4 heteroatoms. The molecule has 0 aliphatic rings. The third-order valence-corrected chi connectivity index (χ3v) is 3.59. The van der Waals surface area contributed by atoms with E-state index < -0.39 is 0 Å². The Morgan fingerprint density at radius 2 is 2.20 bits per heavy atom. The summed E-state index contributed by atoms with van der Waals surface area (Å²) < 4.78 is 0.